The minimum absolute atomic E-state index is 0.0771. The average Bonchev–Trinajstić information content (AvgIpc) is 3.42. The van der Waals surface area contributed by atoms with Crippen LogP contribution in [0.2, 0.25) is 0 Å². The van der Waals surface area contributed by atoms with Crippen LogP contribution in [-0.2, 0) is 5.41 Å². The number of aromatic hydroxyl groups is 1. The Morgan fingerprint density at radius 3 is 2.64 bits per heavy atom. The van der Waals surface area contributed by atoms with Gasteiger partial charge in [0.2, 0.25) is 0 Å². The van der Waals surface area contributed by atoms with Crippen LogP contribution in [0.5, 0.6) is 11.5 Å². The van der Waals surface area contributed by atoms with Crippen LogP contribution in [0.4, 0.5) is 0 Å². The number of ether oxygens (including phenoxy) is 1. The first kappa shape index (κ1) is 18.7. The lowest BCUT2D eigenvalue weighted by molar-refractivity contribution is -0.151. The number of fused-ring (bicyclic) bond motifs is 1. The molecule has 0 bridgehead atoms. The summed E-state index contributed by atoms with van der Waals surface area (Å²) in [6.07, 6.45) is 4.15. The van der Waals surface area contributed by atoms with E-state index >= 15 is 0 Å². The number of benzene rings is 1. The molecule has 1 saturated carbocycles. The highest BCUT2D eigenvalue weighted by atomic mass is 16.5. The van der Waals surface area contributed by atoms with Crippen LogP contribution < -0.4 is 4.74 Å². The van der Waals surface area contributed by atoms with Crippen molar-refractivity contribution < 1.29 is 14.9 Å². The van der Waals surface area contributed by atoms with Crippen molar-refractivity contribution in [1.29, 1.82) is 0 Å². The van der Waals surface area contributed by atoms with Gasteiger partial charge in [-0.25, -0.2) is 0 Å². The maximum atomic E-state index is 12.4. The fraction of sp³-hybridized carbons (Fsp3) is 0.739. The Bertz CT molecular complexity index is 808. The van der Waals surface area contributed by atoms with Crippen molar-refractivity contribution in [3.63, 3.8) is 0 Å². The van der Waals surface area contributed by atoms with Crippen LogP contribution in [0, 0.1) is 19.8 Å². The third-order valence-electron chi connectivity index (χ3n) is 8.25. The van der Waals surface area contributed by atoms with Crippen molar-refractivity contribution in [2.24, 2.45) is 5.92 Å². The Labute approximate surface area is 168 Å². The largest absolute Gasteiger partial charge is 0.504 e. The van der Waals surface area contributed by atoms with E-state index in [1.807, 2.05) is 6.92 Å². The van der Waals surface area contributed by atoms with Gasteiger partial charge in [0.05, 0.1) is 11.0 Å². The van der Waals surface area contributed by atoms with Gasteiger partial charge in [0.25, 0.3) is 0 Å². The predicted octanol–water partition coefficient (Wildman–Crippen LogP) is 2.58. The van der Waals surface area contributed by atoms with Gasteiger partial charge in [-0.15, -0.1) is 0 Å². The number of phenolic OH excluding ortho intramolecular Hbond substituents is 1. The maximum Gasteiger partial charge on any atom is 0.166 e. The molecule has 1 spiro atoms. The van der Waals surface area contributed by atoms with Gasteiger partial charge in [0.1, 0.15) is 6.10 Å². The average molecular weight is 387 g/mol. The Hall–Kier alpha value is -1.30. The summed E-state index contributed by atoms with van der Waals surface area (Å²) >= 11 is 0. The summed E-state index contributed by atoms with van der Waals surface area (Å²) in [5.74, 6) is 1.69. The lowest BCUT2D eigenvalue weighted by Crippen LogP contribution is -2.70. The van der Waals surface area contributed by atoms with E-state index in [0.29, 0.717) is 5.75 Å². The number of phenols is 1. The topological polar surface area (TPSA) is 56.2 Å². The third-order valence-corrected chi connectivity index (χ3v) is 8.25. The number of likely N-dealkylation sites (tertiary alicyclic amines) is 2. The van der Waals surface area contributed by atoms with Crippen LogP contribution in [0.15, 0.2) is 6.07 Å². The Kier molecular flexibility index (Phi) is 4.08. The molecule has 5 heteroatoms. The lowest BCUT2D eigenvalue weighted by Gasteiger charge is -2.57. The van der Waals surface area contributed by atoms with E-state index in [0.717, 1.165) is 61.6 Å². The molecule has 1 aliphatic carbocycles. The third kappa shape index (κ3) is 2.36. The number of aryl methyl sites for hydroxylation is 2. The summed E-state index contributed by atoms with van der Waals surface area (Å²) in [6, 6.07) is 2.14. The second-order valence-electron chi connectivity index (χ2n) is 9.94. The van der Waals surface area contributed by atoms with Crippen LogP contribution in [0.25, 0.3) is 0 Å². The number of rotatable bonds is 2. The quantitative estimate of drug-likeness (QED) is 0.818. The number of aliphatic hydroxyl groups is 1. The van der Waals surface area contributed by atoms with Gasteiger partial charge in [-0.1, -0.05) is 6.07 Å². The van der Waals surface area contributed by atoms with Crippen LogP contribution in [0.1, 0.15) is 49.3 Å². The van der Waals surface area contributed by atoms with Gasteiger partial charge in [0, 0.05) is 31.2 Å². The van der Waals surface area contributed by atoms with Crippen LogP contribution in [0.3, 0.4) is 0 Å². The Morgan fingerprint density at radius 2 is 1.93 bits per heavy atom. The summed E-state index contributed by atoms with van der Waals surface area (Å²) in [4.78, 5) is 4.80. The fourth-order valence-corrected chi connectivity index (χ4v) is 6.44. The molecular weight excluding hydrogens is 352 g/mol. The number of hydrogen-bond donors (Lipinski definition) is 2. The molecule has 1 aromatic rings. The molecule has 0 radical (unpaired) electrons. The summed E-state index contributed by atoms with van der Waals surface area (Å²) in [6.45, 7) is 9.99. The summed E-state index contributed by atoms with van der Waals surface area (Å²) < 4.78 is 6.49. The molecule has 2 saturated heterocycles. The number of nitrogens with zero attached hydrogens (tertiary/aromatic N) is 2. The van der Waals surface area contributed by atoms with E-state index in [9.17, 15) is 10.2 Å². The smallest absolute Gasteiger partial charge is 0.166 e. The van der Waals surface area contributed by atoms with E-state index in [4.69, 9.17) is 4.74 Å². The molecule has 2 N–H and O–H groups in total. The molecular formula is C23H34N2O3. The number of piperidine rings is 1. The first-order valence-electron chi connectivity index (χ1n) is 10.9. The van der Waals surface area contributed by atoms with Crippen molar-refractivity contribution >= 4 is 0 Å². The predicted molar refractivity (Wildman–Crippen MR) is 109 cm³/mol. The zero-order chi connectivity index (χ0) is 19.8. The van der Waals surface area contributed by atoms with Gasteiger partial charge in [0.15, 0.2) is 11.5 Å². The number of hydrogen-bond acceptors (Lipinski definition) is 5. The van der Waals surface area contributed by atoms with Crippen molar-refractivity contribution in [1.82, 2.24) is 9.80 Å². The van der Waals surface area contributed by atoms with Crippen molar-refractivity contribution in [2.75, 3.05) is 33.2 Å². The summed E-state index contributed by atoms with van der Waals surface area (Å²) in [5, 5.41) is 23.2. The first-order chi connectivity index (χ1) is 13.3. The molecule has 28 heavy (non-hydrogen) atoms. The molecule has 0 amide bonds. The van der Waals surface area contributed by atoms with Gasteiger partial charge in [-0.05, 0) is 77.1 Å². The zero-order valence-electron chi connectivity index (χ0n) is 17.7. The molecule has 154 valence electrons. The number of likely N-dealkylation sites (N-methyl/N-ethyl adjacent to an activating group) is 1. The summed E-state index contributed by atoms with van der Waals surface area (Å²) in [7, 11) is 2.12. The first-order valence-corrected chi connectivity index (χ1v) is 10.9. The van der Waals surface area contributed by atoms with Gasteiger partial charge in [-0.3, -0.25) is 4.90 Å². The Morgan fingerprint density at radius 1 is 1.18 bits per heavy atom. The van der Waals surface area contributed by atoms with E-state index in [-0.39, 0.29) is 17.9 Å². The van der Waals surface area contributed by atoms with Gasteiger partial charge in [-0.2, -0.15) is 0 Å². The fourth-order valence-electron chi connectivity index (χ4n) is 6.44. The molecule has 0 aromatic heterocycles. The van der Waals surface area contributed by atoms with E-state index < -0.39 is 11.0 Å². The van der Waals surface area contributed by atoms with Crippen molar-refractivity contribution in [3.05, 3.63) is 22.8 Å². The monoisotopic (exact) mass is 386 g/mol. The van der Waals surface area contributed by atoms with Crippen LogP contribution in [-0.4, -0.2) is 71.0 Å². The van der Waals surface area contributed by atoms with Crippen molar-refractivity contribution in [3.8, 4) is 11.5 Å². The highest BCUT2D eigenvalue weighted by molar-refractivity contribution is 5.62. The van der Waals surface area contributed by atoms with Crippen LogP contribution >= 0.6 is 0 Å². The molecule has 3 unspecified atom stereocenters. The highest BCUT2D eigenvalue weighted by Crippen LogP contribution is 2.61. The minimum atomic E-state index is -0.868. The standard InChI is InChI=1S/C23H34N2O3/c1-14-11-15(2)20(26)21-19(14)22-7-10-25(12-17-5-6-17)16(3)23(22,27)8-9-24(4)13-18(22)28-21/h11,16-18,26-27H,5-10,12-13H2,1-4H3/t16?,18-,22?,23?/m0/s1. The Balaban J connectivity index is 1.68. The molecule has 3 aliphatic heterocycles. The molecule has 3 heterocycles. The normalized spacial score (nSPS) is 38.3. The molecule has 5 nitrogen and oxygen atoms in total. The van der Waals surface area contributed by atoms with E-state index in [2.05, 4.69) is 36.8 Å². The molecule has 3 fully saturated rings. The second-order valence-corrected chi connectivity index (χ2v) is 9.94. The second kappa shape index (κ2) is 6.10. The minimum Gasteiger partial charge on any atom is -0.504 e. The van der Waals surface area contributed by atoms with E-state index in [1.165, 1.54) is 12.8 Å². The highest BCUT2D eigenvalue weighted by Gasteiger charge is 2.67. The van der Waals surface area contributed by atoms with E-state index in [1.54, 1.807) is 0 Å². The summed E-state index contributed by atoms with van der Waals surface area (Å²) in [5.41, 5.74) is 1.73. The molecule has 5 rings (SSSR count). The van der Waals surface area contributed by atoms with Gasteiger partial charge < -0.3 is 19.8 Å². The molecule has 4 aliphatic rings. The SMILES string of the molecule is Cc1cc(C)c2c(c1O)O[C@H]1CN(C)CCC3(O)C(C)N(CC4CC4)CCC213. The van der Waals surface area contributed by atoms with Gasteiger partial charge >= 0.3 is 0 Å². The molecule has 4 atom stereocenters. The zero-order valence-corrected chi connectivity index (χ0v) is 17.7. The molecule has 1 aromatic carbocycles. The maximum absolute atomic E-state index is 12.4. The lowest BCUT2D eigenvalue weighted by atomic mass is 9.56. The van der Waals surface area contributed by atoms with Crippen molar-refractivity contribution in [2.45, 2.75) is 69.6 Å².